The molecule has 0 aliphatic rings. The highest BCUT2D eigenvalue weighted by atomic mass is 32.2. The Labute approximate surface area is 175 Å². The van der Waals surface area contributed by atoms with Gasteiger partial charge in [0.05, 0.1) is 31.8 Å². The molecule has 0 unspecified atom stereocenters. The lowest BCUT2D eigenvalue weighted by Crippen LogP contribution is -2.26. The van der Waals surface area contributed by atoms with Crippen molar-refractivity contribution < 1.29 is 22.7 Å². The monoisotopic (exact) mass is 426 g/mol. The minimum absolute atomic E-state index is 0.100. The normalized spacial score (nSPS) is 10.3. The van der Waals surface area contributed by atoms with Crippen molar-refractivity contribution in [3.63, 3.8) is 0 Å². The number of methoxy groups -OCH3 is 1. The molecule has 0 fully saturated rings. The van der Waals surface area contributed by atoms with E-state index in [4.69, 9.17) is 20.0 Å². The van der Waals surface area contributed by atoms with E-state index in [2.05, 4.69) is 4.89 Å². The van der Waals surface area contributed by atoms with Crippen molar-refractivity contribution in [1.29, 1.82) is 0 Å². The predicted octanol–water partition coefficient (Wildman–Crippen LogP) is 3.60. The Morgan fingerprint density at radius 2 is 1.34 bits per heavy atom. The molecule has 2 aromatic carbocycles. The smallest absolute Gasteiger partial charge is 0.262 e. The van der Waals surface area contributed by atoms with E-state index < -0.39 is 10.0 Å². The second-order valence-corrected chi connectivity index (χ2v) is 6.73. The van der Waals surface area contributed by atoms with Gasteiger partial charge in [0.2, 0.25) is 0 Å². The van der Waals surface area contributed by atoms with Crippen LogP contribution < -0.4 is 15.4 Å². The Hall–Kier alpha value is -1.97. The summed E-state index contributed by atoms with van der Waals surface area (Å²) in [7, 11) is -2.13. The van der Waals surface area contributed by atoms with E-state index in [0.717, 1.165) is 16.9 Å². The molecule has 0 amide bonds. The summed E-state index contributed by atoms with van der Waals surface area (Å²) in [5.41, 5.74) is 7.14. The van der Waals surface area contributed by atoms with Gasteiger partial charge in [-0.25, -0.2) is 8.42 Å². The highest BCUT2D eigenvalue weighted by molar-refractivity contribution is 7.89. The molecule has 0 saturated heterocycles. The fraction of sp³-hybridized carbons (Fsp3) is 0.429. The second kappa shape index (κ2) is 15.9. The molecule has 0 saturated carbocycles. The summed E-state index contributed by atoms with van der Waals surface area (Å²) in [6.45, 7) is 9.18. The Balaban J connectivity index is 0.00000184. The van der Waals surface area contributed by atoms with Crippen molar-refractivity contribution in [2.24, 2.45) is 5.73 Å². The van der Waals surface area contributed by atoms with Gasteiger partial charge >= 0.3 is 0 Å². The van der Waals surface area contributed by atoms with E-state index in [1.54, 1.807) is 19.2 Å². The van der Waals surface area contributed by atoms with Gasteiger partial charge in [0.1, 0.15) is 5.75 Å². The van der Waals surface area contributed by atoms with Gasteiger partial charge in [-0.3, -0.25) is 4.84 Å². The summed E-state index contributed by atoms with van der Waals surface area (Å²) in [5.74, 6) is 0.764. The van der Waals surface area contributed by atoms with E-state index in [0.29, 0.717) is 13.2 Å². The molecule has 0 aliphatic carbocycles. The van der Waals surface area contributed by atoms with Crippen molar-refractivity contribution in [3.8, 4) is 16.9 Å². The second-order valence-electron chi connectivity index (χ2n) is 5.09. The first kappa shape index (κ1) is 27.0. The van der Waals surface area contributed by atoms with Crippen molar-refractivity contribution in [2.45, 2.75) is 32.6 Å². The highest BCUT2D eigenvalue weighted by Gasteiger charge is 2.14. The topological polar surface area (TPSA) is 99.9 Å². The van der Waals surface area contributed by atoms with Crippen LogP contribution in [0.1, 0.15) is 27.7 Å². The lowest BCUT2D eigenvalue weighted by Gasteiger charge is -2.09. The van der Waals surface area contributed by atoms with Gasteiger partial charge in [-0.15, -0.1) is 0 Å². The van der Waals surface area contributed by atoms with Gasteiger partial charge in [0.25, 0.3) is 10.0 Å². The third-order valence-corrected chi connectivity index (χ3v) is 4.58. The lowest BCUT2D eigenvalue weighted by molar-refractivity contribution is 0.0287. The third kappa shape index (κ3) is 9.87. The maximum atomic E-state index is 12.1. The Morgan fingerprint density at radius 3 is 1.83 bits per heavy atom. The van der Waals surface area contributed by atoms with E-state index in [1.165, 1.54) is 12.1 Å². The van der Waals surface area contributed by atoms with Crippen molar-refractivity contribution in [2.75, 3.05) is 33.5 Å². The average Bonchev–Trinajstić information content (AvgIpc) is 2.79. The number of rotatable bonds is 10. The minimum Gasteiger partial charge on any atom is -0.497 e. The van der Waals surface area contributed by atoms with Crippen LogP contribution >= 0.6 is 0 Å². The van der Waals surface area contributed by atoms with Crippen LogP contribution in [0.25, 0.3) is 11.1 Å². The van der Waals surface area contributed by atoms with Crippen molar-refractivity contribution in [3.05, 3.63) is 48.5 Å². The Morgan fingerprint density at radius 1 is 0.828 bits per heavy atom. The molecule has 8 heteroatoms. The molecule has 2 rings (SSSR count). The zero-order valence-electron chi connectivity index (χ0n) is 18.0. The summed E-state index contributed by atoms with van der Waals surface area (Å²) in [6.07, 6.45) is 0. The largest absolute Gasteiger partial charge is 0.497 e. The molecule has 0 radical (unpaired) electrons. The van der Waals surface area contributed by atoms with Gasteiger partial charge in [0, 0.05) is 6.54 Å². The molecule has 0 spiro atoms. The molecular formula is C21H34N2O5S. The average molecular weight is 427 g/mol. The molecule has 3 N–H and O–H groups in total. The van der Waals surface area contributed by atoms with Gasteiger partial charge in [-0.1, -0.05) is 56.8 Å². The number of ether oxygens (including phenoxy) is 2. The summed E-state index contributed by atoms with van der Waals surface area (Å²) in [4.78, 5) is 7.11. The molecule has 0 atom stereocenters. The van der Waals surface area contributed by atoms with Crippen LogP contribution in [-0.4, -0.2) is 41.9 Å². The first-order chi connectivity index (χ1) is 14.1. The van der Waals surface area contributed by atoms with E-state index in [9.17, 15) is 8.42 Å². The summed E-state index contributed by atoms with van der Waals surface area (Å²) < 4.78 is 34.5. The van der Waals surface area contributed by atoms with Crippen molar-refractivity contribution in [1.82, 2.24) is 4.89 Å². The SMILES string of the molecule is CC.CC.COc1ccc(-c2ccc(S(=O)(=O)NOCCOCCN)cc2)cc1. The molecule has 0 bridgehead atoms. The van der Waals surface area contributed by atoms with Gasteiger partial charge in [-0.05, 0) is 35.4 Å². The first-order valence-corrected chi connectivity index (χ1v) is 11.2. The molecule has 29 heavy (non-hydrogen) atoms. The molecule has 0 aliphatic heterocycles. The van der Waals surface area contributed by atoms with Crippen LogP contribution in [0, 0.1) is 0 Å². The number of hydrogen-bond acceptors (Lipinski definition) is 6. The first-order valence-electron chi connectivity index (χ1n) is 9.73. The summed E-state index contributed by atoms with van der Waals surface area (Å²) >= 11 is 0. The molecule has 0 heterocycles. The van der Waals surface area contributed by atoms with Gasteiger partial charge < -0.3 is 15.2 Å². The zero-order chi connectivity index (χ0) is 22.1. The number of hydrogen-bond donors (Lipinski definition) is 2. The number of nitrogens with one attached hydrogen (secondary N) is 1. The Kier molecular flexibility index (Phi) is 14.8. The number of sulfonamides is 1. The standard InChI is InChI=1S/C17H22N2O5S.2C2H6/c1-22-16-6-2-14(3-7-16)15-4-8-17(9-5-15)25(20,21)19-24-13-12-23-11-10-18;2*1-2/h2-9,19H,10-13,18H2,1H3;2*1-2H3. The van der Waals surface area contributed by atoms with Crippen LogP contribution in [0.15, 0.2) is 53.4 Å². The highest BCUT2D eigenvalue weighted by Crippen LogP contribution is 2.23. The zero-order valence-corrected chi connectivity index (χ0v) is 18.8. The van der Waals surface area contributed by atoms with Crippen LogP contribution in [-0.2, 0) is 19.6 Å². The number of nitrogens with two attached hydrogens (primary N) is 1. The fourth-order valence-electron chi connectivity index (χ4n) is 2.06. The van der Waals surface area contributed by atoms with Crippen LogP contribution in [0.5, 0.6) is 5.75 Å². The predicted molar refractivity (Wildman–Crippen MR) is 117 cm³/mol. The third-order valence-electron chi connectivity index (χ3n) is 3.35. The van der Waals surface area contributed by atoms with Crippen LogP contribution in [0.3, 0.4) is 0 Å². The maximum absolute atomic E-state index is 12.1. The van der Waals surface area contributed by atoms with Crippen molar-refractivity contribution >= 4 is 10.0 Å². The minimum atomic E-state index is -3.74. The maximum Gasteiger partial charge on any atom is 0.262 e. The quantitative estimate of drug-likeness (QED) is 0.445. The van der Waals surface area contributed by atoms with E-state index in [1.807, 2.05) is 52.0 Å². The fourth-order valence-corrected chi connectivity index (χ4v) is 2.89. The number of benzene rings is 2. The Bertz CT molecular complexity index is 748. The summed E-state index contributed by atoms with van der Waals surface area (Å²) in [5, 5.41) is 0. The van der Waals surface area contributed by atoms with E-state index in [-0.39, 0.29) is 18.1 Å². The molecule has 0 aromatic heterocycles. The van der Waals surface area contributed by atoms with Gasteiger partial charge in [-0.2, -0.15) is 0 Å². The molecule has 164 valence electrons. The molecule has 7 nitrogen and oxygen atoms in total. The molecule has 2 aromatic rings. The van der Waals surface area contributed by atoms with Crippen LogP contribution in [0.4, 0.5) is 0 Å². The van der Waals surface area contributed by atoms with Gasteiger partial charge in [0.15, 0.2) is 0 Å². The summed E-state index contributed by atoms with van der Waals surface area (Å²) in [6, 6.07) is 14.0. The van der Waals surface area contributed by atoms with E-state index >= 15 is 0 Å². The van der Waals surface area contributed by atoms with Crippen LogP contribution in [0.2, 0.25) is 0 Å². The lowest BCUT2D eigenvalue weighted by atomic mass is 10.1. The molecular weight excluding hydrogens is 392 g/mol.